The summed E-state index contributed by atoms with van der Waals surface area (Å²) in [6.07, 6.45) is 4.09. The summed E-state index contributed by atoms with van der Waals surface area (Å²) in [5.41, 5.74) is 0.864. The van der Waals surface area contributed by atoms with Crippen LogP contribution in [0.5, 0.6) is 11.5 Å². The molecule has 2 aromatic carbocycles. The van der Waals surface area contributed by atoms with Crippen molar-refractivity contribution in [2.45, 2.75) is 51.0 Å². The van der Waals surface area contributed by atoms with Crippen LogP contribution in [0.15, 0.2) is 42.5 Å². The van der Waals surface area contributed by atoms with Crippen LogP contribution in [0.2, 0.25) is 0 Å². The number of carbonyl (C=O) groups excluding carboxylic acids is 2. The van der Waals surface area contributed by atoms with Crippen LogP contribution < -0.4 is 20.1 Å². The molecule has 1 heterocycles. The molecule has 6 nitrogen and oxygen atoms in total. The highest BCUT2D eigenvalue weighted by atomic mass is 19.1. The first-order valence-corrected chi connectivity index (χ1v) is 11.6. The first-order valence-electron chi connectivity index (χ1n) is 11.6. The van der Waals surface area contributed by atoms with E-state index in [2.05, 4.69) is 16.7 Å². The first kappa shape index (κ1) is 23.1. The Kier molecular flexibility index (Phi) is 6.86. The summed E-state index contributed by atoms with van der Waals surface area (Å²) in [4.78, 5) is 25.7. The zero-order valence-corrected chi connectivity index (χ0v) is 19.2. The highest BCUT2D eigenvalue weighted by Gasteiger charge is 2.38. The molecule has 0 aromatic heterocycles. The molecule has 0 saturated heterocycles. The molecule has 2 aromatic rings. The average molecular weight is 455 g/mol. The number of rotatable bonds is 7. The predicted octanol–water partition coefficient (Wildman–Crippen LogP) is 3.98. The van der Waals surface area contributed by atoms with Gasteiger partial charge in [0.15, 0.2) is 11.5 Å². The van der Waals surface area contributed by atoms with Crippen molar-refractivity contribution in [3.8, 4) is 11.5 Å². The third-order valence-electron chi connectivity index (χ3n) is 6.67. The summed E-state index contributed by atoms with van der Waals surface area (Å²) in [5, 5.41) is 5.79. The lowest BCUT2D eigenvalue weighted by atomic mass is 9.78. The molecule has 1 fully saturated rings. The molecule has 1 unspecified atom stereocenters. The van der Waals surface area contributed by atoms with Gasteiger partial charge in [-0.05, 0) is 48.6 Å². The molecule has 0 bridgehead atoms. The summed E-state index contributed by atoms with van der Waals surface area (Å²) < 4.78 is 25.4. The molecule has 0 radical (unpaired) electrons. The Morgan fingerprint density at radius 1 is 1.03 bits per heavy atom. The fourth-order valence-corrected chi connectivity index (χ4v) is 4.76. The van der Waals surface area contributed by atoms with E-state index >= 15 is 0 Å². The van der Waals surface area contributed by atoms with Crippen molar-refractivity contribution in [3.63, 3.8) is 0 Å². The van der Waals surface area contributed by atoms with E-state index in [0.29, 0.717) is 19.8 Å². The fraction of sp³-hybridized carbons (Fsp3) is 0.462. The van der Waals surface area contributed by atoms with Crippen molar-refractivity contribution in [3.05, 3.63) is 59.4 Å². The number of carbonyl (C=O) groups is 2. The van der Waals surface area contributed by atoms with Gasteiger partial charge in [0.05, 0.1) is 5.56 Å². The van der Waals surface area contributed by atoms with Gasteiger partial charge in [0.25, 0.3) is 5.91 Å². The molecule has 33 heavy (non-hydrogen) atoms. The molecule has 176 valence electrons. The molecular formula is C26H31FN2O4. The summed E-state index contributed by atoms with van der Waals surface area (Å²) in [5.74, 6) is -0.134. The summed E-state index contributed by atoms with van der Waals surface area (Å²) >= 11 is 0. The maximum Gasteiger partial charge on any atom is 0.254 e. The number of hydrogen-bond donors (Lipinski definition) is 2. The van der Waals surface area contributed by atoms with Gasteiger partial charge in [0.2, 0.25) is 5.91 Å². The van der Waals surface area contributed by atoms with Crippen LogP contribution in [0.1, 0.15) is 55.5 Å². The highest BCUT2D eigenvalue weighted by Crippen LogP contribution is 2.43. The molecule has 4 rings (SSSR count). The van der Waals surface area contributed by atoms with E-state index in [1.165, 1.54) is 18.2 Å². The summed E-state index contributed by atoms with van der Waals surface area (Å²) in [7, 11) is 0. The number of benzene rings is 2. The lowest BCUT2D eigenvalue weighted by molar-refractivity contribution is -0.124. The predicted molar refractivity (Wildman–Crippen MR) is 123 cm³/mol. The Balaban J connectivity index is 1.47. The Morgan fingerprint density at radius 3 is 2.42 bits per heavy atom. The standard InChI is InChI=1S/C26H31FN2O4/c1-17(2)23(29-24(30)19-7-3-4-8-20(19)27)25(31)28-16-26(11-5-6-12-26)18-9-10-21-22(15-18)33-14-13-32-21/h3-4,7-10,15,17,23H,5-6,11-14,16H2,1-2H3,(H,28,31)(H,29,30). The normalized spacial score (nSPS) is 17.5. The maximum atomic E-state index is 14.0. The van der Waals surface area contributed by atoms with Crippen LogP contribution >= 0.6 is 0 Å². The van der Waals surface area contributed by atoms with E-state index in [0.717, 1.165) is 42.7 Å². The maximum absolute atomic E-state index is 14.0. The second-order valence-electron chi connectivity index (χ2n) is 9.24. The number of amides is 2. The van der Waals surface area contributed by atoms with Crippen molar-refractivity contribution in [2.75, 3.05) is 19.8 Å². The van der Waals surface area contributed by atoms with E-state index < -0.39 is 17.8 Å². The molecule has 2 N–H and O–H groups in total. The van der Waals surface area contributed by atoms with E-state index in [9.17, 15) is 14.0 Å². The van der Waals surface area contributed by atoms with Crippen molar-refractivity contribution in [2.24, 2.45) is 5.92 Å². The van der Waals surface area contributed by atoms with Crippen molar-refractivity contribution >= 4 is 11.8 Å². The quantitative estimate of drug-likeness (QED) is 0.664. The van der Waals surface area contributed by atoms with Gasteiger partial charge in [-0.25, -0.2) is 4.39 Å². The molecule has 1 atom stereocenters. The molecule has 1 aliphatic heterocycles. The molecule has 2 aliphatic rings. The Bertz CT molecular complexity index is 1020. The van der Waals surface area contributed by atoms with Gasteiger partial charge >= 0.3 is 0 Å². The van der Waals surface area contributed by atoms with Gasteiger partial charge < -0.3 is 20.1 Å². The number of hydrogen-bond acceptors (Lipinski definition) is 4. The van der Waals surface area contributed by atoms with Crippen molar-refractivity contribution in [1.82, 2.24) is 10.6 Å². The van der Waals surface area contributed by atoms with Crippen LogP contribution in [0.3, 0.4) is 0 Å². The number of ether oxygens (including phenoxy) is 2. The Hall–Kier alpha value is -3.09. The first-order chi connectivity index (χ1) is 15.9. The topological polar surface area (TPSA) is 76.7 Å². The second-order valence-corrected chi connectivity index (χ2v) is 9.24. The van der Waals surface area contributed by atoms with E-state index in [1.54, 1.807) is 6.07 Å². The molecule has 7 heteroatoms. The van der Waals surface area contributed by atoms with Gasteiger partial charge in [0.1, 0.15) is 25.1 Å². The minimum atomic E-state index is -0.768. The SMILES string of the molecule is CC(C)C(NC(=O)c1ccccc1F)C(=O)NCC1(c2ccc3c(c2)OCCO3)CCCC1. The van der Waals surface area contributed by atoms with Gasteiger partial charge in [-0.2, -0.15) is 0 Å². The minimum absolute atomic E-state index is 0.0699. The second kappa shape index (κ2) is 9.81. The molecule has 0 spiro atoms. The lowest BCUT2D eigenvalue weighted by Crippen LogP contribution is -2.52. The largest absolute Gasteiger partial charge is 0.486 e. The molecule has 2 amide bonds. The van der Waals surface area contributed by atoms with Gasteiger partial charge in [-0.1, -0.05) is 44.9 Å². The van der Waals surface area contributed by atoms with Crippen LogP contribution in [0, 0.1) is 11.7 Å². The van der Waals surface area contributed by atoms with E-state index in [1.807, 2.05) is 26.0 Å². The highest BCUT2D eigenvalue weighted by molar-refractivity contribution is 5.97. The number of halogens is 1. The van der Waals surface area contributed by atoms with Crippen LogP contribution in [-0.4, -0.2) is 37.6 Å². The third kappa shape index (κ3) is 4.97. The third-order valence-corrected chi connectivity index (χ3v) is 6.67. The smallest absolute Gasteiger partial charge is 0.254 e. The van der Waals surface area contributed by atoms with Gasteiger partial charge in [0, 0.05) is 12.0 Å². The van der Waals surface area contributed by atoms with Crippen molar-refractivity contribution < 1.29 is 23.5 Å². The molecular weight excluding hydrogens is 423 g/mol. The van der Waals surface area contributed by atoms with E-state index in [4.69, 9.17) is 9.47 Å². The number of fused-ring (bicyclic) bond motifs is 1. The lowest BCUT2D eigenvalue weighted by Gasteiger charge is -2.32. The Labute approximate surface area is 193 Å². The zero-order valence-electron chi connectivity index (χ0n) is 19.2. The van der Waals surface area contributed by atoms with Crippen molar-refractivity contribution in [1.29, 1.82) is 0 Å². The van der Waals surface area contributed by atoms with Crippen LogP contribution in [-0.2, 0) is 10.2 Å². The average Bonchev–Trinajstić information content (AvgIpc) is 3.31. The zero-order chi connectivity index (χ0) is 23.4. The minimum Gasteiger partial charge on any atom is -0.486 e. The van der Waals surface area contributed by atoms with Gasteiger partial charge in [-0.15, -0.1) is 0 Å². The summed E-state index contributed by atoms with van der Waals surface area (Å²) in [6.45, 7) is 5.25. The van der Waals surface area contributed by atoms with Crippen LogP contribution in [0.25, 0.3) is 0 Å². The monoisotopic (exact) mass is 454 g/mol. The Morgan fingerprint density at radius 2 is 1.73 bits per heavy atom. The van der Waals surface area contributed by atoms with Crippen LogP contribution in [0.4, 0.5) is 4.39 Å². The van der Waals surface area contributed by atoms with E-state index in [-0.39, 0.29) is 22.8 Å². The molecule has 1 aliphatic carbocycles. The molecule has 1 saturated carbocycles. The van der Waals surface area contributed by atoms with Gasteiger partial charge in [-0.3, -0.25) is 9.59 Å². The number of nitrogens with one attached hydrogen (secondary N) is 2. The fourth-order valence-electron chi connectivity index (χ4n) is 4.76. The summed E-state index contributed by atoms with van der Waals surface area (Å²) in [6, 6.07) is 11.0.